The van der Waals surface area contributed by atoms with Gasteiger partial charge in [0.2, 0.25) is 0 Å². The van der Waals surface area contributed by atoms with Crippen LogP contribution < -0.4 is 15.0 Å². The Morgan fingerprint density at radius 2 is 1.80 bits per heavy atom. The number of hydrogen-bond acceptors (Lipinski definition) is 4. The molecule has 0 aliphatic heterocycles. The average molecular weight is 341 g/mol. The summed E-state index contributed by atoms with van der Waals surface area (Å²) in [5.74, 6) is 1.39. The molecule has 5 heteroatoms. The van der Waals surface area contributed by atoms with E-state index in [0.717, 1.165) is 31.7 Å². The van der Waals surface area contributed by atoms with Crippen LogP contribution in [0, 0.1) is 0 Å². The van der Waals surface area contributed by atoms with E-state index < -0.39 is 0 Å². The first-order valence-corrected chi connectivity index (χ1v) is 8.93. The number of amides is 1. The van der Waals surface area contributed by atoms with Gasteiger partial charge in [0.25, 0.3) is 5.91 Å². The Kier molecular flexibility index (Phi) is 7.26. The molecule has 0 saturated heterocycles. The largest absolute Gasteiger partial charge is 0.492 e. The zero-order valence-electron chi connectivity index (χ0n) is 15.3. The Morgan fingerprint density at radius 1 is 1.08 bits per heavy atom. The third kappa shape index (κ3) is 5.21. The summed E-state index contributed by atoms with van der Waals surface area (Å²) in [5.41, 5.74) is 1.19. The second-order valence-corrected chi connectivity index (χ2v) is 5.78. The number of carbonyl (C=O) groups excluding carboxylic acids is 1. The summed E-state index contributed by atoms with van der Waals surface area (Å²) in [5, 5.41) is 2.89. The van der Waals surface area contributed by atoms with Gasteiger partial charge in [0.05, 0.1) is 17.9 Å². The van der Waals surface area contributed by atoms with Crippen molar-refractivity contribution >= 4 is 17.4 Å². The van der Waals surface area contributed by atoms with Gasteiger partial charge < -0.3 is 15.0 Å². The number of anilines is 2. The molecule has 0 atom stereocenters. The molecule has 1 aromatic heterocycles. The van der Waals surface area contributed by atoms with Gasteiger partial charge in [-0.3, -0.25) is 4.79 Å². The number of rotatable bonds is 9. The highest BCUT2D eigenvalue weighted by atomic mass is 16.5. The molecule has 1 N–H and O–H groups in total. The molecule has 2 aromatic rings. The van der Waals surface area contributed by atoms with Crippen LogP contribution in [0.5, 0.6) is 5.75 Å². The maximum absolute atomic E-state index is 12.5. The molecule has 0 unspecified atom stereocenters. The molecule has 0 bridgehead atoms. The summed E-state index contributed by atoms with van der Waals surface area (Å²) < 4.78 is 5.54. The van der Waals surface area contributed by atoms with Gasteiger partial charge in [-0.15, -0.1) is 0 Å². The van der Waals surface area contributed by atoms with Crippen molar-refractivity contribution in [1.82, 2.24) is 4.98 Å². The van der Waals surface area contributed by atoms with Gasteiger partial charge in [0.15, 0.2) is 0 Å². The molecule has 25 heavy (non-hydrogen) atoms. The van der Waals surface area contributed by atoms with Gasteiger partial charge in [-0.25, -0.2) is 4.98 Å². The summed E-state index contributed by atoms with van der Waals surface area (Å²) in [6.07, 6.45) is 3.77. The minimum Gasteiger partial charge on any atom is -0.492 e. The number of ether oxygens (including phenoxy) is 1. The summed E-state index contributed by atoms with van der Waals surface area (Å²) >= 11 is 0. The highest BCUT2D eigenvalue weighted by Crippen LogP contribution is 2.24. The molecule has 2 rings (SSSR count). The van der Waals surface area contributed by atoms with Crippen molar-refractivity contribution in [2.24, 2.45) is 0 Å². The van der Waals surface area contributed by atoms with Crippen LogP contribution in [0.3, 0.4) is 0 Å². The minimum absolute atomic E-state index is 0.191. The monoisotopic (exact) mass is 341 g/mol. The van der Waals surface area contributed by atoms with Gasteiger partial charge in [-0.05, 0) is 44.0 Å². The number of hydrogen-bond donors (Lipinski definition) is 1. The van der Waals surface area contributed by atoms with E-state index in [1.807, 2.05) is 43.3 Å². The number of nitrogens with zero attached hydrogens (tertiary/aromatic N) is 2. The standard InChI is InChI=1S/C20H27N3O2/c1-4-13-23(14-5-2)19-12-11-16(15-21-19)20(24)22-17-9-7-8-10-18(17)25-6-3/h7-12,15H,4-6,13-14H2,1-3H3,(H,22,24). The van der Waals surface area contributed by atoms with E-state index in [-0.39, 0.29) is 5.91 Å². The molecule has 1 amide bonds. The van der Waals surface area contributed by atoms with Crippen LogP contribution in [-0.2, 0) is 0 Å². The Hall–Kier alpha value is -2.56. The Morgan fingerprint density at radius 3 is 2.40 bits per heavy atom. The molecular weight excluding hydrogens is 314 g/mol. The van der Waals surface area contributed by atoms with Gasteiger partial charge >= 0.3 is 0 Å². The van der Waals surface area contributed by atoms with Gasteiger partial charge in [-0.1, -0.05) is 26.0 Å². The third-order valence-electron chi connectivity index (χ3n) is 3.76. The second kappa shape index (κ2) is 9.67. The molecular formula is C20H27N3O2. The van der Waals surface area contributed by atoms with E-state index in [2.05, 4.69) is 29.0 Å². The number of nitrogens with one attached hydrogen (secondary N) is 1. The molecule has 1 heterocycles. The fourth-order valence-electron chi connectivity index (χ4n) is 2.63. The van der Waals surface area contributed by atoms with Crippen LogP contribution >= 0.6 is 0 Å². The molecule has 0 fully saturated rings. The number of benzene rings is 1. The van der Waals surface area contributed by atoms with Crippen LogP contribution in [-0.4, -0.2) is 30.6 Å². The zero-order chi connectivity index (χ0) is 18.1. The summed E-state index contributed by atoms with van der Waals surface area (Å²) in [4.78, 5) is 19.2. The van der Waals surface area contributed by atoms with E-state index in [4.69, 9.17) is 4.74 Å². The average Bonchev–Trinajstić information content (AvgIpc) is 2.63. The summed E-state index contributed by atoms with van der Waals surface area (Å²) in [6, 6.07) is 11.1. The Labute approximate surface area is 150 Å². The van der Waals surface area contributed by atoms with E-state index in [0.29, 0.717) is 23.6 Å². The Bertz CT molecular complexity index is 665. The number of pyridine rings is 1. The lowest BCUT2D eigenvalue weighted by molar-refractivity contribution is 0.102. The smallest absolute Gasteiger partial charge is 0.257 e. The highest BCUT2D eigenvalue weighted by molar-refractivity contribution is 6.04. The first-order chi connectivity index (χ1) is 12.2. The van der Waals surface area contributed by atoms with Crippen molar-refractivity contribution in [1.29, 1.82) is 0 Å². The molecule has 0 spiro atoms. The van der Waals surface area contributed by atoms with Gasteiger partial charge in [-0.2, -0.15) is 0 Å². The fraction of sp³-hybridized carbons (Fsp3) is 0.400. The van der Waals surface area contributed by atoms with Crippen molar-refractivity contribution in [3.8, 4) is 5.75 Å². The van der Waals surface area contributed by atoms with Crippen LogP contribution in [0.1, 0.15) is 44.0 Å². The van der Waals surface area contributed by atoms with Crippen LogP contribution in [0.25, 0.3) is 0 Å². The van der Waals surface area contributed by atoms with E-state index in [1.54, 1.807) is 6.20 Å². The van der Waals surface area contributed by atoms with Crippen LogP contribution in [0.4, 0.5) is 11.5 Å². The fourth-order valence-corrected chi connectivity index (χ4v) is 2.63. The quantitative estimate of drug-likeness (QED) is 0.736. The minimum atomic E-state index is -0.191. The Balaban J connectivity index is 2.10. The van der Waals surface area contributed by atoms with Crippen LogP contribution in [0.15, 0.2) is 42.6 Å². The summed E-state index contributed by atoms with van der Waals surface area (Å²) in [7, 11) is 0. The van der Waals surface area contributed by atoms with Gasteiger partial charge in [0, 0.05) is 19.3 Å². The van der Waals surface area contributed by atoms with E-state index in [9.17, 15) is 4.79 Å². The molecule has 5 nitrogen and oxygen atoms in total. The lowest BCUT2D eigenvalue weighted by atomic mass is 10.2. The molecule has 1 aromatic carbocycles. The molecule has 134 valence electrons. The normalized spacial score (nSPS) is 10.4. The lowest BCUT2D eigenvalue weighted by Crippen LogP contribution is -2.26. The van der Waals surface area contributed by atoms with Gasteiger partial charge in [0.1, 0.15) is 11.6 Å². The van der Waals surface area contributed by atoms with Crippen molar-refractivity contribution in [3.63, 3.8) is 0 Å². The van der Waals surface area contributed by atoms with Crippen molar-refractivity contribution in [3.05, 3.63) is 48.2 Å². The maximum Gasteiger partial charge on any atom is 0.257 e. The number of carbonyl (C=O) groups is 1. The second-order valence-electron chi connectivity index (χ2n) is 5.78. The zero-order valence-corrected chi connectivity index (χ0v) is 15.3. The SMILES string of the molecule is CCCN(CCC)c1ccc(C(=O)Nc2ccccc2OCC)cn1. The third-order valence-corrected chi connectivity index (χ3v) is 3.76. The first kappa shape index (κ1) is 18.8. The molecule has 0 saturated carbocycles. The van der Waals surface area contributed by atoms with Crippen molar-refractivity contribution in [2.75, 3.05) is 29.9 Å². The molecule has 0 aliphatic carbocycles. The summed E-state index contributed by atoms with van der Waals surface area (Å²) in [6.45, 7) is 8.70. The maximum atomic E-state index is 12.5. The predicted molar refractivity (Wildman–Crippen MR) is 103 cm³/mol. The highest BCUT2D eigenvalue weighted by Gasteiger charge is 2.12. The molecule has 0 radical (unpaired) electrons. The first-order valence-electron chi connectivity index (χ1n) is 8.93. The van der Waals surface area contributed by atoms with Crippen molar-refractivity contribution in [2.45, 2.75) is 33.6 Å². The topological polar surface area (TPSA) is 54.5 Å². The van der Waals surface area contributed by atoms with E-state index in [1.165, 1.54) is 0 Å². The number of aromatic nitrogens is 1. The number of para-hydroxylation sites is 2. The van der Waals surface area contributed by atoms with Crippen LogP contribution in [0.2, 0.25) is 0 Å². The molecule has 0 aliphatic rings. The van der Waals surface area contributed by atoms with Crippen molar-refractivity contribution < 1.29 is 9.53 Å². The van der Waals surface area contributed by atoms with E-state index >= 15 is 0 Å². The lowest BCUT2D eigenvalue weighted by Gasteiger charge is -2.22. The predicted octanol–water partition coefficient (Wildman–Crippen LogP) is 4.36.